The number of carbonyl (C=O) groups is 1. The van der Waals surface area contributed by atoms with E-state index in [4.69, 9.17) is 0 Å². The maximum absolute atomic E-state index is 12.6. The molecule has 1 aromatic heterocycles. The molecule has 2 fully saturated rings. The predicted molar refractivity (Wildman–Crippen MR) is 80.0 cm³/mol. The molecular formula is C15H25N5O. The number of carbonyl (C=O) groups excluding carboxylic acids is 1. The van der Waals surface area contributed by atoms with E-state index in [1.807, 2.05) is 9.58 Å². The zero-order chi connectivity index (χ0) is 14.8. The molecule has 116 valence electrons. The Bertz CT molecular complexity index is 494. The lowest BCUT2D eigenvalue weighted by atomic mass is 9.89. The number of likely N-dealkylation sites (tertiary alicyclic amines) is 1. The van der Waals surface area contributed by atoms with Crippen LogP contribution in [0.4, 0.5) is 0 Å². The highest BCUT2D eigenvalue weighted by Gasteiger charge is 2.26. The fourth-order valence-electron chi connectivity index (χ4n) is 3.17. The van der Waals surface area contributed by atoms with Crippen LogP contribution in [0.3, 0.4) is 0 Å². The van der Waals surface area contributed by atoms with Gasteiger partial charge >= 0.3 is 0 Å². The first kappa shape index (κ1) is 14.5. The van der Waals surface area contributed by atoms with E-state index in [1.165, 1.54) is 6.42 Å². The minimum atomic E-state index is 0.0398. The zero-order valence-electron chi connectivity index (χ0n) is 13.0. The Morgan fingerprint density at radius 1 is 1.33 bits per heavy atom. The molecule has 3 heterocycles. The molecule has 6 nitrogen and oxygen atoms in total. The molecule has 0 radical (unpaired) electrons. The second-order valence-corrected chi connectivity index (χ2v) is 6.62. The van der Waals surface area contributed by atoms with Crippen molar-refractivity contribution in [3.05, 3.63) is 11.9 Å². The van der Waals surface area contributed by atoms with Crippen LogP contribution in [-0.2, 0) is 0 Å². The van der Waals surface area contributed by atoms with Gasteiger partial charge in [0.2, 0.25) is 0 Å². The molecular weight excluding hydrogens is 266 g/mol. The van der Waals surface area contributed by atoms with Crippen molar-refractivity contribution in [2.24, 2.45) is 11.8 Å². The molecule has 0 spiro atoms. The monoisotopic (exact) mass is 291 g/mol. The van der Waals surface area contributed by atoms with Crippen molar-refractivity contribution in [2.75, 3.05) is 26.2 Å². The number of rotatable bonds is 3. The SMILES string of the molecule is CC(C)C1CCCN(C(=O)c2cn(C3CNC3)nn2)CC1. The Balaban J connectivity index is 1.63. The highest BCUT2D eigenvalue weighted by molar-refractivity contribution is 5.91. The van der Waals surface area contributed by atoms with Crippen LogP contribution in [0.5, 0.6) is 0 Å². The van der Waals surface area contributed by atoms with Crippen LogP contribution in [-0.4, -0.2) is 52.0 Å². The smallest absolute Gasteiger partial charge is 0.276 e. The Labute approximate surface area is 125 Å². The molecule has 6 heteroatoms. The Kier molecular flexibility index (Phi) is 4.24. The van der Waals surface area contributed by atoms with Gasteiger partial charge in [0.05, 0.1) is 12.2 Å². The van der Waals surface area contributed by atoms with Crippen molar-refractivity contribution in [1.29, 1.82) is 0 Å². The average molecular weight is 291 g/mol. The van der Waals surface area contributed by atoms with Crippen molar-refractivity contribution >= 4 is 5.91 Å². The number of hydrogen-bond acceptors (Lipinski definition) is 4. The summed E-state index contributed by atoms with van der Waals surface area (Å²) in [5, 5.41) is 11.4. The van der Waals surface area contributed by atoms with Crippen LogP contribution < -0.4 is 5.32 Å². The Hall–Kier alpha value is -1.43. The lowest BCUT2D eigenvalue weighted by molar-refractivity contribution is 0.0752. The summed E-state index contributed by atoms with van der Waals surface area (Å²) >= 11 is 0. The van der Waals surface area contributed by atoms with E-state index in [2.05, 4.69) is 29.5 Å². The van der Waals surface area contributed by atoms with Crippen LogP contribution in [0.25, 0.3) is 0 Å². The summed E-state index contributed by atoms with van der Waals surface area (Å²) in [6, 6.07) is 0.355. The molecule has 2 aliphatic rings. The van der Waals surface area contributed by atoms with Gasteiger partial charge in [-0.2, -0.15) is 0 Å². The lowest BCUT2D eigenvalue weighted by Gasteiger charge is -2.26. The second kappa shape index (κ2) is 6.13. The number of nitrogens with zero attached hydrogens (tertiary/aromatic N) is 4. The first-order valence-electron chi connectivity index (χ1n) is 8.07. The molecule has 0 aromatic carbocycles. The lowest BCUT2D eigenvalue weighted by Crippen LogP contribution is -2.43. The van der Waals surface area contributed by atoms with Gasteiger partial charge in [-0.15, -0.1) is 5.10 Å². The van der Waals surface area contributed by atoms with Crippen molar-refractivity contribution in [2.45, 2.75) is 39.2 Å². The molecule has 1 aromatic rings. The molecule has 1 unspecified atom stereocenters. The summed E-state index contributed by atoms with van der Waals surface area (Å²) in [5.74, 6) is 1.48. The average Bonchev–Trinajstić information content (AvgIpc) is 2.72. The quantitative estimate of drug-likeness (QED) is 0.912. The summed E-state index contributed by atoms with van der Waals surface area (Å²) in [4.78, 5) is 14.5. The maximum atomic E-state index is 12.6. The third-order valence-electron chi connectivity index (χ3n) is 4.87. The number of hydrogen-bond donors (Lipinski definition) is 1. The molecule has 1 N–H and O–H groups in total. The van der Waals surface area contributed by atoms with Crippen LogP contribution in [0.1, 0.15) is 49.6 Å². The zero-order valence-corrected chi connectivity index (χ0v) is 13.0. The highest BCUT2D eigenvalue weighted by atomic mass is 16.2. The second-order valence-electron chi connectivity index (χ2n) is 6.62. The minimum absolute atomic E-state index is 0.0398. The topological polar surface area (TPSA) is 63.1 Å². The predicted octanol–water partition coefficient (Wildman–Crippen LogP) is 1.32. The molecule has 2 saturated heterocycles. The van der Waals surface area contributed by atoms with Crippen LogP contribution >= 0.6 is 0 Å². The highest BCUT2D eigenvalue weighted by Crippen LogP contribution is 2.25. The van der Waals surface area contributed by atoms with Gasteiger partial charge in [0.1, 0.15) is 0 Å². The van der Waals surface area contributed by atoms with Gasteiger partial charge < -0.3 is 10.2 Å². The fourth-order valence-corrected chi connectivity index (χ4v) is 3.17. The summed E-state index contributed by atoms with van der Waals surface area (Å²) in [6.45, 7) is 8.08. The molecule has 2 aliphatic heterocycles. The Morgan fingerprint density at radius 3 is 2.81 bits per heavy atom. The van der Waals surface area contributed by atoms with Crippen molar-refractivity contribution in [3.63, 3.8) is 0 Å². The van der Waals surface area contributed by atoms with E-state index < -0.39 is 0 Å². The minimum Gasteiger partial charge on any atom is -0.337 e. The summed E-state index contributed by atoms with van der Waals surface area (Å²) in [7, 11) is 0. The standard InChI is InChI=1S/C15H25N5O/c1-11(2)12-4-3-6-19(7-5-12)15(21)14-10-20(18-17-14)13-8-16-9-13/h10-13,16H,3-9H2,1-2H3. The first-order valence-corrected chi connectivity index (χ1v) is 8.07. The van der Waals surface area contributed by atoms with E-state index in [0.29, 0.717) is 17.7 Å². The van der Waals surface area contributed by atoms with Gasteiger partial charge in [-0.1, -0.05) is 19.1 Å². The molecule has 3 rings (SSSR count). The maximum Gasteiger partial charge on any atom is 0.276 e. The normalized spacial score (nSPS) is 24.0. The third kappa shape index (κ3) is 3.10. The fraction of sp³-hybridized carbons (Fsp3) is 0.800. The Morgan fingerprint density at radius 2 is 2.14 bits per heavy atom. The van der Waals surface area contributed by atoms with Gasteiger partial charge in [0.15, 0.2) is 5.69 Å². The molecule has 1 amide bonds. The largest absolute Gasteiger partial charge is 0.337 e. The van der Waals surface area contributed by atoms with E-state index in [-0.39, 0.29) is 5.91 Å². The van der Waals surface area contributed by atoms with E-state index in [1.54, 1.807) is 6.20 Å². The molecule has 0 bridgehead atoms. The summed E-state index contributed by atoms with van der Waals surface area (Å²) in [5.41, 5.74) is 0.491. The van der Waals surface area contributed by atoms with Gasteiger partial charge in [-0.05, 0) is 31.1 Å². The van der Waals surface area contributed by atoms with Gasteiger partial charge in [-0.25, -0.2) is 4.68 Å². The van der Waals surface area contributed by atoms with E-state index in [0.717, 1.165) is 44.9 Å². The van der Waals surface area contributed by atoms with Crippen molar-refractivity contribution in [1.82, 2.24) is 25.2 Å². The van der Waals surface area contributed by atoms with Crippen LogP contribution in [0.15, 0.2) is 6.20 Å². The number of aromatic nitrogens is 3. The number of nitrogens with one attached hydrogen (secondary N) is 1. The van der Waals surface area contributed by atoms with E-state index >= 15 is 0 Å². The first-order chi connectivity index (χ1) is 10.1. The molecule has 1 atom stereocenters. The summed E-state index contributed by atoms with van der Waals surface area (Å²) in [6.07, 6.45) is 5.22. The molecule has 21 heavy (non-hydrogen) atoms. The molecule has 0 aliphatic carbocycles. The van der Waals surface area contributed by atoms with Crippen LogP contribution in [0, 0.1) is 11.8 Å². The van der Waals surface area contributed by atoms with Gasteiger partial charge in [0.25, 0.3) is 5.91 Å². The van der Waals surface area contributed by atoms with Crippen molar-refractivity contribution < 1.29 is 4.79 Å². The van der Waals surface area contributed by atoms with Crippen LogP contribution in [0.2, 0.25) is 0 Å². The van der Waals surface area contributed by atoms with Gasteiger partial charge in [0, 0.05) is 26.2 Å². The molecule has 0 saturated carbocycles. The number of amides is 1. The van der Waals surface area contributed by atoms with Gasteiger partial charge in [-0.3, -0.25) is 4.79 Å². The third-order valence-corrected chi connectivity index (χ3v) is 4.87. The summed E-state index contributed by atoms with van der Waals surface area (Å²) < 4.78 is 1.82. The van der Waals surface area contributed by atoms with E-state index in [9.17, 15) is 4.79 Å². The van der Waals surface area contributed by atoms with Crippen molar-refractivity contribution in [3.8, 4) is 0 Å².